The van der Waals surface area contributed by atoms with Gasteiger partial charge in [-0.25, -0.2) is 13.6 Å². The third-order valence-corrected chi connectivity index (χ3v) is 3.84. The first-order chi connectivity index (χ1) is 9.39. The van der Waals surface area contributed by atoms with Gasteiger partial charge in [-0.1, -0.05) is 29.8 Å². The van der Waals surface area contributed by atoms with E-state index in [0.29, 0.717) is 5.02 Å². The predicted molar refractivity (Wildman–Crippen MR) is 74.2 cm³/mol. The maximum atomic E-state index is 13.0. The molecular formula is C14H17ClF2N2O. The molecule has 2 rings (SSSR count). The predicted octanol–water partition coefficient (Wildman–Crippen LogP) is 3.84. The van der Waals surface area contributed by atoms with Gasteiger partial charge in [-0.15, -0.1) is 0 Å². The number of alkyl halides is 2. The van der Waals surface area contributed by atoms with Crippen LogP contribution in [0.3, 0.4) is 0 Å². The minimum Gasteiger partial charge on any atom is -0.331 e. The van der Waals surface area contributed by atoms with E-state index < -0.39 is 5.92 Å². The molecule has 1 heterocycles. The van der Waals surface area contributed by atoms with Crippen molar-refractivity contribution in [2.75, 3.05) is 13.1 Å². The average molecular weight is 303 g/mol. The van der Waals surface area contributed by atoms with Gasteiger partial charge in [0.15, 0.2) is 0 Å². The molecule has 110 valence electrons. The minimum absolute atomic E-state index is 0.0775. The Balaban J connectivity index is 1.94. The second-order valence-corrected chi connectivity index (χ2v) is 5.44. The number of benzene rings is 1. The molecule has 3 nitrogen and oxygen atoms in total. The Kier molecular flexibility index (Phi) is 4.48. The number of nitrogens with one attached hydrogen (secondary N) is 1. The summed E-state index contributed by atoms with van der Waals surface area (Å²) in [5.74, 6) is -2.65. The molecule has 0 unspecified atom stereocenters. The van der Waals surface area contributed by atoms with Gasteiger partial charge in [-0.05, 0) is 18.6 Å². The normalized spacial score (nSPS) is 19.5. The number of nitrogens with zero attached hydrogens (tertiary/aromatic N) is 1. The van der Waals surface area contributed by atoms with E-state index in [0.717, 1.165) is 5.56 Å². The standard InChI is InChI=1S/C14H17ClF2N2O/c1-10(11-4-2-3-5-12(11)15)18-13(20)19-8-6-14(16,17)7-9-19/h2-5,10H,6-9H2,1H3,(H,18,20)/t10-/m0/s1. The van der Waals surface area contributed by atoms with Crippen molar-refractivity contribution in [3.63, 3.8) is 0 Å². The minimum atomic E-state index is -2.65. The molecule has 0 aromatic heterocycles. The number of hydrogen-bond donors (Lipinski definition) is 1. The van der Waals surface area contributed by atoms with Crippen LogP contribution in [0.5, 0.6) is 0 Å². The molecule has 0 radical (unpaired) electrons. The lowest BCUT2D eigenvalue weighted by atomic mass is 10.1. The average Bonchev–Trinajstić information content (AvgIpc) is 2.38. The molecule has 1 atom stereocenters. The lowest BCUT2D eigenvalue weighted by molar-refractivity contribution is -0.0470. The Labute approximate surface area is 121 Å². The Hall–Kier alpha value is -1.36. The number of halogens is 3. The number of carbonyl (C=O) groups is 1. The molecule has 0 aliphatic carbocycles. The molecule has 1 saturated heterocycles. The van der Waals surface area contributed by atoms with Gasteiger partial charge in [0.1, 0.15) is 0 Å². The van der Waals surface area contributed by atoms with Crippen molar-refractivity contribution in [3.05, 3.63) is 34.9 Å². The van der Waals surface area contributed by atoms with Crippen LogP contribution in [0.15, 0.2) is 24.3 Å². The quantitative estimate of drug-likeness (QED) is 0.884. The molecule has 1 aliphatic rings. The highest BCUT2D eigenvalue weighted by atomic mass is 35.5. The fourth-order valence-corrected chi connectivity index (χ4v) is 2.52. The number of likely N-dealkylation sites (tertiary alicyclic amines) is 1. The molecule has 0 bridgehead atoms. The van der Waals surface area contributed by atoms with Crippen LogP contribution in [0.2, 0.25) is 5.02 Å². The third kappa shape index (κ3) is 3.60. The van der Waals surface area contributed by atoms with Crippen LogP contribution in [-0.2, 0) is 0 Å². The summed E-state index contributed by atoms with van der Waals surface area (Å²) in [4.78, 5) is 13.5. The Bertz CT molecular complexity index is 486. The molecule has 1 aromatic carbocycles. The highest BCUT2D eigenvalue weighted by Crippen LogP contribution is 2.28. The maximum absolute atomic E-state index is 13.0. The van der Waals surface area contributed by atoms with E-state index in [9.17, 15) is 13.6 Å². The van der Waals surface area contributed by atoms with Crippen molar-refractivity contribution >= 4 is 17.6 Å². The summed E-state index contributed by atoms with van der Waals surface area (Å²) in [5, 5.41) is 3.37. The summed E-state index contributed by atoms with van der Waals surface area (Å²) >= 11 is 6.06. The first-order valence-electron chi connectivity index (χ1n) is 6.57. The number of hydrogen-bond acceptors (Lipinski definition) is 1. The number of piperidine rings is 1. The Morgan fingerprint density at radius 1 is 1.35 bits per heavy atom. The summed E-state index contributed by atoms with van der Waals surface area (Å²) in [6.07, 6.45) is -0.554. The molecule has 20 heavy (non-hydrogen) atoms. The van der Waals surface area contributed by atoms with Crippen molar-refractivity contribution in [1.29, 1.82) is 0 Å². The fourth-order valence-electron chi connectivity index (χ4n) is 2.22. The Morgan fingerprint density at radius 2 is 1.95 bits per heavy atom. The smallest absolute Gasteiger partial charge is 0.317 e. The molecule has 1 aromatic rings. The van der Waals surface area contributed by atoms with Crippen LogP contribution in [0.25, 0.3) is 0 Å². The molecule has 1 aliphatic heterocycles. The maximum Gasteiger partial charge on any atom is 0.317 e. The Morgan fingerprint density at radius 3 is 2.55 bits per heavy atom. The SMILES string of the molecule is C[C@H](NC(=O)N1CCC(F)(F)CC1)c1ccccc1Cl. The van der Waals surface area contributed by atoms with Gasteiger partial charge in [-0.3, -0.25) is 0 Å². The summed E-state index contributed by atoms with van der Waals surface area (Å²) in [6, 6.07) is 6.64. The van der Waals surface area contributed by atoms with Crippen LogP contribution in [0, 0.1) is 0 Å². The van der Waals surface area contributed by atoms with Gasteiger partial charge in [0, 0.05) is 31.0 Å². The first-order valence-corrected chi connectivity index (χ1v) is 6.94. The number of rotatable bonds is 2. The van der Waals surface area contributed by atoms with E-state index in [4.69, 9.17) is 11.6 Å². The van der Waals surface area contributed by atoms with E-state index in [1.807, 2.05) is 25.1 Å². The highest BCUT2D eigenvalue weighted by molar-refractivity contribution is 6.31. The van der Waals surface area contributed by atoms with Crippen molar-refractivity contribution in [3.8, 4) is 0 Å². The van der Waals surface area contributed by atoms with Crippen LogP contribution < -0.4 is 5.32 Å². The van der Waals surface area contributed by atoms with Crippen LogP contribution in [0.1, 0.15) is 31.4 Å². The molecule has 0 saturated carbocycles. The second kappa shape index (κ2) is 5.95. The zero-order valence-electron chi connectivity index (χ0n) is 11.2. The van der Waals surface area contributed by atoms with Gasteiger partial charge in [0.05, 0.1) is 6.04 Å². The van der Waals surface area contributed by atoms with E-state index in [1.54, 1.807) is 6.07 Å². The van der Waals surface area contributed by atoms with Gasteiger partial charge in [-0.2, -0.15) is 0 Å². The van der Waals surface area contributed by atoms with Gasteiger partial charge < -0.3 is 10.2 Å². The summed E-state index contributed by atoms with van der Waals surface area (Å²) in [5.41, 5.74) is 0.810. The van der Waals surface area contributed by atoms with Crippen molar-refractivity contribution in [2.24, 2.45) is 0 Å². The highest BCUT2D eigenvalue weighted by Gasteiger charge is 2.35. The summed E-state index contributed by atoms with van der Waals surface area (Å²) < 4.78 is 26.1. The van der Waals surface area contributed by atoms with Gasteiger partial charge in [0.25, 0.3) is 5.92 Å². The zero-order chi connectivity index (χ0) is 14.8. The lowest BCUT2D eigenvalue weighted by Crippen LogP contribution is -2.47. The van der Waals surface area contributed by atoms with E-state index in [1.165, 1.54) is 4.90 Å². The van der Waals surface area contributed by atoms with Crippen LogP contribution >= 0.6 is 11.6 Å². The van der Waals surface area contributed by atoms with E-state index in [-0.39, 0.29) is 38.0 Å². The van der Waals surface area contributed by atoms with Crippen molar-refractivity contribution < 1.29 is 13.6 Å². The lowest BCUT2D eigenvalue weighted by Gasteiger charge is -2.32. The van der Waals surface area contributed by atoms with Crippen LogP contribution in [-0.4, -0.2) is 29.9 Å². The summed E-state index contributed by atoms with van der Waals surface area (Å²) in [7, 11) is 0. The summed E-state index contributed by atoms with van der Waals surface area (Å²) in [6.45, 7) is 1.97. The second-order valence-electron chi connectivity index (χ2n) is 5.04. The topological polar surface area (TPSA) is 32.3 Å². The number of carbonyl (C=O) groups excluding carboxylic acids is 1. The molecular weight excluding hydrogens is 286 g/mol. The molecule has 0 spiro atoms. The van der Waals surface area contributed by atoms with Crippen molar-refractivity contribution in [1.82, 2.24) is 10.2 Å². The monoisotopic (exact) mass is 302 g/mol. The largest absolute Gasteiger partial charge is 0.331 e. The van der Waals surface area contributed by atoms with Crippen LogP contribution in [0.4, 0.5) is 13.6 Å². The molecule has 1 fully saturated rings. The third-order valence-electron chi connectivity index (χ3n) is 3.49. The van der Waals surface area contributed by atoms with Crippen molar-refractivity contribution in [2.45, 2.75) is 31.7 Å². The molecule has 1 N–H and O–H groups in total. The number of amides is 2. The molecule has 2 amide bonds. The fraction of sp³-hybridized carbons (Fsp3) is 0.500. The first kappa shape index (κ1) is 15.0. The number of urea groups is 1. The van der Waals surface area contributed by atoms with Gasteiger partial charge in [0.2, 0.25) is 0 Å². The zero-order valence-corrected chi connectivity index (χ0v) is 12.0. The van der Waals surface area contributed by atoms with E-state index in [2.05, 4.69) is 5.32 Å². The van der Waals surface area contributed by atoms with Gasteiger partial charge >= 0.3 is 6.03 Å². The van der Waals surface area contributed by atoms with E-state index >= 15 is 0 Å². The molecule has 6 heteroatoms.